The molecular formula is C24H29N3O4S. The number of fused-ring (bicyclic) bond motifs is 1. The average molecular weight is 456 g/mol. The van der Waals surface area contributed by atoms with Crippen LogP contribution in [-0.2, 0) is 17.0 Å². The van der Waals surface area contributed by atoms with Crippen LogP contribution in [0.2, 0.25) is 0 Å². The first-order valence-electron chi connectivity index (χ1n) is 10.6. The molecule has 0 saturated carbocycles. The number of nitrogens with one attached hydrogen (secondary N) is 1. The van der Waals surface area contributed by atoms with Gasteiger partial charge in [-0.2, -0.15) is 0 Å². The molecule has 32 heavy (non-hydrogen) atoms. The van der Waals surface area contributed by atoms with Crippen molar-refractivity contribution in [3.8, 4) is 12.3 Å². The Morgan fingerprint density at radius 3 is 2.88 bits per heavy atom. The second kappa shape index (κ2) is 9.14. The highest BCUT2D eigenvalue weighted by Gasteiger charge is 2.29. The summed E-state index contributed by atoms with van der Waals surface area (Å²) >= 11 is 0. The van der Waals surface area contributed by atoms with Crippen molar-refractivity contribution in [1.82, 2.24) is 9.80 Å². The summed E-state index contributed by atoms with van der Waals surface area (Å²) in [5.41, 5.74) is 4.03. The van der Waals surface area contributed by atoms with Gasteiger partial charge in [0.2, 0.25) is 5.91 Å². The number of terminal acetylenes is 1. The first-order valence-corrected chi connectivity index (χ1v) is 12.3. The standard InChI is InChI=1S/C24H29N3O4S/c1-3-17-5-4-6-19(11-17)23(15-27-10-9-21(28)14-27)26(2)24(29)13-18-7-8-20-16-32(30,31)25-22(20)12-18/h1,4-8,11-12,21,23,25,28,30-31H,9-10,13-16H2,2H3/t21?,23-/m1/s1. The van der Waals surface area contributed by atoms with Gasteiger partial charge in [-0.25, -0.2) is 0 Å². The second-order valence-corrected chi connectivity index (χ2v) is 10.4. The number of anilines is 1. The Morgan fingerprint density at radius 2 is 2.16 bits per heavy atom. The molecule has 1 fully saturated rings. The summed E-state index contributed by atoms with van der Waals surface area (Å²) in [5.74, 6) is 2.79. The number of β-amino-alcohol motifs (C(OH)–C–C–N with tert-alkyl or cyclic N) is 1. The molecule has 2 heterocycles. The van der Waals surface area contributed by atoms with Crippen LogP contribution in [0.4, 0.5) is 5.69 Å². The Labute approximate surface area is 190 Å². The molecule has 2 atom stereocenters. The molecule has 7 nitrogen and oxygen atoms in total. The number of aliphatic hydroxyl groups is 1. The Balaban J connectivity index is 1.53. The van der Waals surface area contributed by atoms with Gasteiger partial charge in [0.1, 0.15) is 0 Å². The van der Waals surface area contributed by atoms with Crippen LogP contribution < -0.4 is 4.72 Å². The summed E-state index contributed by atoms with van der Waals surface area (Å²) in [5, 5.41) is 9.93. The van der Waals surface area contributed by atoms with Crippen LogP contribution in [0.5, 0.6) is 0 Å². The molecule has 1 unspecified atom stereocenters. The van der Waals surface area contributed by atoms with Crippen LogP contribution in [0.25, 0.3) is 0 Å². The minimum absolute atomic E-state index is 0.0505. The molecule has 0 bridgehead atoms. The number of likely N-dealkylation sites (N-methyl/N-ethyl adjacent to an activating group) is 1. The van der Waals surface area contributed by atoms with Gasteiger partial charge < -0.3 is 10.0 Å². The van der Waals surface area contributed by atoms with Gasteiger partial charge in [0.15, 0.2) is 0 Å². The first kappa shape index (κ1) is 22.6. The van der Waals surface area contributed by atoms with E-state index in [2.05, 4.69) is 15.5 Å². The van der Waals surface area contributed by atoms with Crippen LogP contribution in [0.15, 0.2) is 42.5 Å². The van der Waals surface area contributed by atoms with Crippen molar-refractivity contribution in [1.29, 1.82) is 0 Å². The molecule has 4 N–H and O–H groups in total. The summed E-state index contributed by atoms with van der Waals surface area (Å²) in [4.78, 5) is 17.2. The molecule has 0 aliphatic carbocycles. The molecule has 2 aromatic rings. The van der Waals surface area contributed by atoms with Crippen LogP contribution >= 0.6 is 10.8 Å². The third-order valence-corrected chi connectivity index (χ3v) is 7.40. The number of hydrogen-bond acceptors (Lipinski definition) is 6. The van der Waals surface area contributed by atoms with Crippen molar-refractivity contribution in [2.24, 2.45) is 0 Å². The zero-order valence-corrected chi connectivity index (χ0v) is 18.9. The van der Waals surface area contributed by atoms with Gasteiger partial charge >= 0.3 is 0 Å². The monoisotopic (exact) mass is 455 g/mol. The Kier molecular flexibility index (Phi) is 6.47. The maximum atomic E-state index is 13.3. The molecule has 2 aromatic carbocycles. The van der Waals surface area contributed by atoms with Crippen LogP contribution in [0.1, 0.15) is 34.7 Å². The summed E-state index contributed by atoms with van der Waals surface area (Å²) < 4.78 is 22.5. The average Bonchev–Trinajstić information content (AvgIpc) is 3.31. The van der Waals surface area contributed by atoms with E-state index in [-0.39, 0.29) is 30.2 Å². The summed E-state index contributed by atoms with van der Waals surface area (Å²) in [6.07, 6.45) is 6.18. The highest BCUT2D eigenvalue weighted by Crippen LogP contribution is 2.50. The Morgan fingerprint density at radius 1 is 1.34 bits per heavy atom. The van der Waals surface area contributed by atoms with E-state index in [1.807, 2.05) is 42.5 Å². The molecule has 8 heteroatoms. The zero-order chi connectivity index (χ0) is 22.9. The highest BCUT2D eigenvalue weighted by atomic mass is 32.3. The number of likely N-dealkylation sites (tertiary alicyclic amines) is 1. The van der Waals surface area contributed by atoms with Gasteiger partial charge in [0.05, 0.1) is 30.0 Å². The molecule has 170 valence electrons. The fourth-order valence-electron chi connectivity index (χ4n) is 4.37. The number of nitrogens with zero attached hydrogens (tertiary/aromatic N) is 2. The smallest absolute Gasteiger partial charge is 0.227 e. The lowest BCUT2D eigenvalue weighted by atomic mass is 10.0. The van der Waals surface area contributed by atoms with Gasteiger partial charge in [-0.1, -0.05) is 30.2 Å². The number of aliphatic hydroxyl groups excluding tert-OH is 1. The number of carbonyl (C=O) groups is 1. The van der Waals surface area contributed by atoms with E-state index in [1.165, 1.54) is 0 Å². The predicted octanol–water partition coefficient (Wildman–Crippen LogP) is 3.07. The second-order valence-electron chi connectivity index (χ2n) is 8.57. The molecule has 0 aromatic heterocycles. The lowest BCUT2D eigenvalue weighted by molar-refractivity contribution is -0.131. The van der Waals surface area contributed by atoms with Crippen molar-refractivity contribution >= 4 is 22.4 Å². The number of hydrogen-bond donors (Lipinski definition) is 4. The number of rotatable bonds is 6. The molecule has 0 radical (unpaired) electrons. The fraction of sp³-hybridized carbons (Fsp3) is 0.375. The van der Waals surface area contributed by atoms with Crippen molar-refractivity contribution in [3.63, 3.8) is 0 Å². The van der Waals surface area contributed by atoms with Crippen molar-refractivity contribution < 1.29 is 19.0 Å². The Hall–Kier alpha value is -2.54. The van der Waals surface area contributed by atoms with Gasteiger partial charge in [-0.05, 0) is 41.3 Å². The maximum absolute atomic E-state index is 13.3. The number of amides is 1. The van der Waals surface area contributed by atoms with E-state index in [4.69, 9.17) is 6.42 Å². The molecule has 2 aliphatic rings. The molecule has 4 rings (SSSR count). The lowest BCUT2D eigenvalue weighted by Crippen LogP contribution is -2.39. The molecule has 2 aliphatic heterocycles. The number of carbonyl (C=O) groups excluding carboxylic acids is 1. The van der Waals surface area contributed by atoms with E-state index in [1.54, 1.807) is 11.9 Å². The van der Waals surface area contributed by atoms with Crippen LogP contribution in [0, 0.1) is 12.3 Å². The van der Waals surface area contributed by atoms with Crippen LogP contribution in [-0.4, -0.2) is 62.7 Å². The quantitative estimate of drug-likeness (QED) is 0.500. The molecule has 0 spiro atoms. The highest BCUT2D eigenvalue weighted by molar-refractivity contribution is 8.25. The van der Waals surface area contributed by atoms with E-state index in [9.17, 15) is 19.0 Å². The maximum Gasteiger partial charge on any atom is 0.227 e. The Bertz CT molecular complexity index is 1050. The van der Waals surface area contributed by atoms with Gasteiger partial charge in [0, 0.05) is 32.2 Å². The summed E-state index contributed by atoms with van der Waals surface area (Å²) in [6.45, 7) is 1.99. The normalized spacial score (nSPS) is 21.3. The number of benzene rings is 2. The van der Waals surface area contributed by atoms with E-state index >= 15 is 0 Å². The summed E-state index contributed by atoms with van der Waals surface area (Å²) in [7, 11) is -1.03. The van der Waals surface area contributed by atoms with E-state index in [0.29, 0.717) is 18.8 Å². The van der Waals surface area contributed by atoms with Gasteiger partial charge in [-0.15, -0.1) is 17.2 Å². The topological polar surface area (TPSA) is 96.3 Å². The van der Waals surface area contributed by atoms with Crippen molar-refractivity contribution in [2.45, 2.75) is 30.7 Å². The molecule has 1 amide bonds. The van der Waals surface area contributed by atoms with Crippen LogP contribution in [0.3, 0.4) is 0 Å². The predicted molar refractivity (Wildman–Crippen MR) is 127 cm³/mol. The van der Waals surface area contributed by atoms with Crippen molar-refractivity contribution in [2.75, 3.05) is 31.4 Å². The third-order valence-electron chi connectivity index (χ3n) is 6.14. The zero-order valence-electron chi connectivity index (χ0n) is 18.1. The first-order chi connectivity index (χ1) is 15.2. The van der Waals surface area contributed by atoms with E-state index in [0.717, 1.165) is 35.2 Å². The fourth-order valence-corrected chi connectivity index (χ4v) is 5.67. The summed E-state index contributed by atoms with van der Waals surface area (Å²) in [6, 6.07) is 13.0. The largest absolute Gasteiger partial charge is 0.392 e. The third kappa shape index (κ3) is 5.09. The van der Waals surface area contributed by atoms with Gasteiger partial charge in [-0.3, -0.25) is 23.5 Å². The minimum atomic E-state index is -2.83. The minimum Gasteiger partial charge on any atom is -0.392 e. The van der Waals surface area contributed by atoms with Gasteiger partial charge in [0.25, 0.3) is 0 Å². The lowest BCUT2D eigenvalue weighted by Gasteiger charge is -2.32. The van der Waals surface area contributed by atoms with Crippen molar-refractivity contribution in [3.05, 3.63) is 64.7 Å². The molecular weight excluding hydrogens is 426 g/mol. The molecule has 1 saturated heterocycles. The van der Waals surface area contributed by atoms with E-state index < -0.39 is 10.8 Å². The SMILES string of the molecule is C#Cc1cccc([C@@H](CN2CCC(O)C2)N(C)C(=O)Cc2ccc3c(c2)NS(O)(O)C3)c1.